The van der Waals surface area contributed by atoms with E-state index >= 15 is 0 Å². The Morgan fingerprint density at radius 1 is 1.26 bits per heavy atom. The lowest BCUT2D eigenvalue weighted by molar-refractivity contribution is 0.139. The Kier molecular flexibility index (Phi) is 6.78. The van der Waals surface area contributed by atoms with Gasteiger partial charge in [-0.1, -0.05) is 27.7 Å². The molecule has 1 saturated heterocycles. The smallest absolute Gasteiger partial charge is 0.0243 e. The van der Waals surface area contributed by atoms with Gasteiger partial charge in [0.2, 0.25) is 0 Å². The summed E-state index contributed by atoms with van der Waals surface area (Å²) in [5, 5.41) is 3.75. The van der Waals surface area contributed by atoms with Crippen molar-refractivity contribution >= 4 is 0 Å². The zero-order chi connectivity index (χ0) is 14.5. The number of hydrogen-bond acceptors (Lipinski definition) is 3. The van der Waals surface area contributed by atoms with E-state index < -0.39 is 0 Å². The number of nitrogens with zero attached hydrogens (tertiary/aromatic N) is 2. The highest BCUT2D eigenvalue weighted by molar-refractivity contribution is 4.86. The highest BCUT2D eigenvalue weighted by Crippen LogP contribution is 2.22. The van der Waals surface area contributed by atoms with E-state index in [-0.39, 0.29) is 0 Å². The van der Waals surface area contributed by atoms with E-state index in [1.54, 1.807) is 0 Å². The second-order valence-corrected chi connectivity index (χ2v) is 7.33. The molecule has 1 aliphatic heterocycles. The normalized spacial score (nSPS) is 25.3. The fourth-order valence-electron chi connectivity index (χ4n) is 2.89. The van der Waals surface area contributed by atoms with E-state index in [2.05, 4.69) is 56.8 Å². The molecule has 0 radical (unpaired) electrons. The lowest BCUT2D eigenvalue weighted by Gasteiger charge is -2.38. The molecule has 0 aliphatic carbocycles. The molecular formula is C16H35N3. The van der Waals surface area contributed by atoms with Crippen LogP contribution in [-0.4, -0.2) is 61.7 Å². The zero-order valence-corrected chi connectivity index (χ0v) is 14.0. The van der Waals surface area contributed by atoms with Gasteiger partial charge in [0, 0.05) is 25.2 Å². The van der Waals surface area contributed by atoms with E-state index in [0.717, 1.165) is 6.54 Å². The number of rotatable bonds is 5. The molecule has 1 aliphatic rings. The minimum atomic E-state index is 0.326. The first-order valence-electron chi connectivity index (χ1n) is 8.00. The molecule has 19 heavy (non-hydrogen) atoms. The van der Waals surface area contributed by atoms with Crippen molar-refractivity contribution in [2.24, 2.45) is 5.41 Å². The fourth-order valence-corrected chi connectivity index (χ4v) is 2.89. The summed E-state index contributed by atoms with van der Waals surface area (Å²) < 4.78 is 0. The molecule has 2 unspecified atom stereocenters. The van der Waals surface area contributed by atoms with E-state index in [9.17, 15) is 0 Å². The lowest BCUT2D eigenvalue weighted by atomic mass is 9.86. The van der Waals surface area contributed by atoms with Crippen molar-refractivity contribution in [3.05, 3.63) is 0 Å². The van der Waals surface area contributed by atoms with Gasteiger partial charge < -0.3 is 10.2 Å². The summed E-state index contributed by atoms with van der Waals surface area (Å²) in [4.78, 5) is 5.15. The molecule has 0 spiro atoms. The van der Waals surface area contributed by atoms with E-state index in [1.165, 1.54) is 39.0 Å². The summed E-state index contributed by atoms with van der Waals surface area (Å²) in [6.45, 7) is 17.7. The van der Waals surface area contributed by atoms with Crippen molar-refractivity contribution in [2.75, 3.05) is 39.8 Å². The van der Waals surface area contributed by atoms with Crippen LogP contribution in [0.1, 0.15) is 47.5 Å². The van der Waals surface area contributed by atoms with Gasteiger partial charge in [-0.05, 0) is 51.9 Å². The Labute approximate surface area is 120 Å². The van der Waals surface area contributed by atoms with Crippen molar-refractivity contribution in [3.8, 4) is 0 Å². The monoisotopic (exact) mass is 269 g/mol. The van der Waals surface area contributed by atoms with E-state index in [1.807, 2.05) is 0 Å². The van der Waals surface area contributed by atoms with Crippen LogP contribution in [0.4, 0.5) is 0 Å². The summed E-state index contributed by atoms with van der Waals surface area (Å²) in [7, 11) is 2.25. The standard InChI is InChI=1S/C16H35N3/c1-7-9-17-15(16(3,4)5)13-19-11-8-10-18(6)12-14(19)2/h14-15,17H,7-13H2,1-6H3. The van der Waals surface area contributed by atoms with Crippen LogP contribution < -0.4 is 5.32 Å². The average Bonchev–Trinajstić information content (AvgIpc) is 2.44. The Morgan fingerprint density at radius 2 is 1.95 bits per heavy atom. The van der Waals surface area contributed by atoms with Crippen LogP contribution in [0.25, 0.3) is 0 Å². The van der Waals surface area contributed by atoms with Crippen molar-refractivity contribution < 1.29 is 0 Å². The summed E-state index contributed by atoms with van der Waals surface area (Å²) in [6, 6.07) is 1.25. The van der Waals surface area contributed by atoms with Gasteiger partial charge in [-0.3, -0.25) is 4.90 Å². The maximum absolute atomic E-state index is 3.75. The molecule has 1 rings (SSSR count). The zero-order valence-electron chi connectivity index (χ0n) is 14.0. The van der Waals surface area contributed by atoms with E-state index in [4.69, 9.17) is 0 Å². The molecule has 3 heteroatoms. The first-order chi connectivity index (χ1) is 8.84. The topological polar surface area (TPSA) is 18.5 Å². The minimum absolute atomic E-state index is 0.326. The first-order valence-corrected chi connectivity index (χ1v) is 8.00. The number of hydrogen-bond donors (Lipinski definition) is 1. The SMILES string of the molecule is CCCNC(CN1CCCN(C)CC1C)C(C)(C)C. The molecule has 0 aromatic carbocycles. The van der Waals surface area contributed by atoms with Gasteiger partial charge in [-0.15, -0.1) is 0 Å². The molecule has 0 saturated carbocycles. The largest absolute Gasteiger partial charge is 0.312 e. The van der Waals surface area contributed by atoms with Crippen LogP contribution in [0, 0.1) is 5.41 Å². The van der Waals surface area contributed by atoms with Gasteiger partial charge in [0.25, 0.3) is 0 Å². The number of likely N-dealkylation sites (N-methyl/N-ethyl adjacent to an activating group) is 1. The predicted molar refractivity (Wildman–Crippen MR) is 84.7 cm³/mol. The van der Waals surface area contributed by atoms with Gasteiger partial charge in [-0.2, -0.15) is 0 Å². The van der Waals surface area contributed by atoms with Crippen molar-refractivity contribution in [3.63, 3.8) is 0 Å². The van der Waals surface area contributed by atoms with Gasteiger partial charge in [0.05, 0.1) is 0 Å². The van der Waals surface area contributed by atoms with Gasteiger partial charge in [0.1, 0.15) is 0 Å². The third kappa shape index (κ3) is 5.80. The molecule has 0 amide bonds. The van der Waals surface area contributed by atoms with Crippen LogP contribution in [-0.2, 0) is 0 Å². The van der Waals surface area contributed by atoms with Gasteiger partial charge in [-0.25, -0.2) is 0 Å². The van der Waals surface area contributed by atoms with Crippen molar-refractivity contribution in [1.29, 1.82) is 0 Å². The molecule has 1 N–H and O–H groups in total. The third-order valence-corrected chi connectivity index (χ3v) is 4.29. The van der Waals surface area contributed by atoms with Gasteiger partial charge in [0.15, 0.2) is 0 Å². The summed E-state index contributed by atoms with van der Waals surface area (Å²) in [6.07, 6.45) is 2.51. The maximum atomic E-state index is 3.75. The van der Waals surface area contributed by atoms with Crippen LogP contribution in [0.2, 0.25) is 0 Å². The van der Waals surface area contributed by atoms with Crippen LogP contribution >= 0.6 is 0 Å². The first kappa shape index (κ1) is 16.9. The van der Waals surface area contributed by atoms with E-state index in [0.29, 0.717) is 17.5 Å². The Hall–Kier alpha value is -0.120. The summed E-state index contributed by atoms with van der Waals surface area (Å²) in [5.74, 6) is 0. The quantitative estimate of drug-likeness (QED) is 0.827. The second-order valence-electron chi connectivity index (χ2n) is 7.33. The molecule has 0 aromatic heterocycles. The van der Waals surface area contributed by atoms with Crippen molar-refractivity contribution in [1.82, 2.24) is 15.1 Å². The molecule has 114 valence electrons. The summed E-state index contributed by atoms with van der Waals surface area (Å²) in [5.41, 5.74) is 0.326. The average molecular weight is 269 g/mol. The van der Waals surface area contributed by atoms with Crippen LogP contribution in [0.3, 0.4) is 0 Å². The molecule has 3 nitrogen and oxygen atoms in total. The molecule has 1 heterocycles. The molecule has 0 bridgehead atoms. The number of nitrogens with one attached hydrogen (secondary N) is 1. The lowest BCUT2D eigenvalue weighted by Crippen LogP contribution is -2.51. The summed E-state index contributed by atoms with van der Waals surface area (Å²) >= 11 is 0. The molecule has 2 atom stereocenters. The third-order valence-electron chi connectivity index (χ3n) is 4.29. The van der Waals surface area contributed by atoms with Crippen LogP contribution in [0.15, 0.2) is 0 Å². The minimum Gasteiger partial charge on any atom is -0.312 e. The Balaban J connectivity index is 2.61. The van der Waals surface area contributed by atoms with Crippen LogP contribution in [0.5, 0.6) is 0 Å². The molecule has 0 aromatic rings. The van der Waals surface area contributed by atoms with Gasteiger partial charge >= 0.3 is 0 Å². The Bertz CT molecular complexity index is 247. The Morgan fingerprint density at radius 3 is 2.53 bits per heavy atom. The highest BCUT2D eigenvalue weighted by atomic mass is 15.2. The maximum Gasteiger partial charge on any atom is 0.0243 e. The molecule has 1 fully saturated rings. The van der Waals surface area contributed by atoms with Crippen molar-refractivity contribution in [2.45, 2.75) is 59.5 Å². The fraction of sp³-hybridized carbons (Fsp3) is 1.00. The molecular weight excluding hydrogens is 234 g/mol. The highest BCUT2D eigenvalue weighted by Gasteiger charge is 2.28. The second kappa shape index (κ2) is 7.61. The predicted octanol–water partition coefficient (Wildman–Crippen LogP) is 2.43.